The van der Waals surface area contributed by atoms with Crippen LogP contribution in [0.25, 0.3) is 0 Å². The smallest absolute Gasteiger partial charge is 0.0303 e. The van der Waals surface area contributed by atoms with E-state index in [9.17, 15) is 0 Å². The average Bonchev–Trinajstić information content (AvgIpc) is 2.39. The highest BCUT2D eigenvalue weighted by Gasteiger charge is 2.30. The maximum Gasteiger partial charge on any atom is 0.0303 e. The summed E-state index contributed by atoms with van der Waals surface area (Å²) >= 11 is 0. The maximum absolute atomic E-state index is 6.05. The van der Waals surface area contributed by atoms with Crippen molar-refractivity contribution in [3.63, 3.8) is 0 Å². The third kappa shape index (κ3) is 5.71. The fraction of sp³-hybridized carbons (Fsp3) is 1.00. The van der Waals surface area contributed by atoms with Crippen molar-refractivity contribution in [1.29, 1.82) is 0 Å². The summed E-state index contributed by atoms with van der Waals surface area (Å²) in [5.41, 5.74) is 6.24. The largest absolute Gasteiger partial charge is 0.329 e. The predicted molar refractivity (Wildman–Crippen MR) is 83.0 cm³/mol. The highest BCUT2D eigenvalue weighted by molar-refractivity contribution is 4.88. The van der Waals surface area contributed by atoms with E-state index in [2.05, 4.69) is 39.6 Å². The van der Waals surface area contributed by atoms with E-state index in [-0.39, 0.29) is 5.54 Å². The Bertz CT molecular complexity index is 190. The topological polar surface area (TPSA) is 29.3 Å². The Morgan fingerprint density at radius 2 is 1.56 bits per heavy atom. The Morgan fingerprint density at radius 3 is 2.00 bits per heavy atom. The van der Waals surface area contributed by atoms with E-state index in [4.69, 9.17) is 5.73 Å². The minimum Gasteiger partial charge on any atom is -0.329 e. The van der Waals surface area contributed by atoms with Crippen LogP contribution in [-0.2, 0) is 0 Å². The lowest BCUT2D eigenvalue weighted by molar-refractivity contribution is 0.0767. The lowest BCUT2D eigenvalue weighted by Crippen LogP contribution is -2.53. The summed E-state index contributed by atoms with van der Waals surface area (Å²) in [6.07, 6.45) is 10.4. The van der Waals surface area contributed by atoms with Gasteiger partial charge in [0.25, 0.3) is 0 Å². The summed E-state index contributed by atoms with van der Waals surface area (Å²) in [6, 6.07) is 0.675. The van der Waals surface area contributed by atoms with Gasteiger partial charge in [0.05, 0.1) is 0 Å². The second kappa shape index (κ2) is 9.80. The van der Waals surface area contributed by atoms with Crippen LogP contribution in [0.15, 0.2) is 0 Å². The van der Waals surface area contributed by atoms with Crippen LogP contribution in [0.4, 0.5) is 0 Å². The van der Waals surface area contributed by atoms with Gasteiger partial charge in [-0.25, -0.2) is 0 Å². The van der Waals surface area contributed by atoms with E-state index in [1.807, 2.05) is 0 Å². The monoisotopic (exact) mass is 256 g/mol. The Labute approximate surface area is 115 Å². The molecule has 0 aromatic carbocycles. The number of nitrogens with two attached hydrogens (primary N) is 1. The van der Waals surface area contributed by atoms with Crippen LogP contribution in [0.1, 0.15) is 79.1 Å². The molecule has 0 aromatic rings. The quantitative estimate of drug-likeness (QED) is 0.562. The third-order valence-electron chi connectivity index (χ3n) is 4.60. The summed E-state index contributed by atoms with van der Waals surface area (Å²) in [5.74, 6) is 0. The van der Waals surface area contributed by atoms with Gasteiger partial charge < -0.3 is 5.73 Å². The first kappa shape index (κ1) is 17.9. The molecule has 0 aromatic heterocycles. The normalized spacial score (nSPS) is 15.3. The van der Waals surface area contributed by atoms with Crippen molar-refractivity contribution >= 4 is 0 Å². The molecule has 0 heterocycles. The minimum absolute atomic E-state index is 0.183. The van der Waals surface area contributed by atoms with Gasteiger partial charge in [-0.15, -0.1) is 0 Å². The summed E-state index contributed by atoms with van der Waals surface area (Å²) in [5, 5.41) is 0. The van der Waals surface area contributed by atoms with Gasteiger partial charge in [-0.3, -0.25) is 4.90 Å². The lowest BCUT2D eigenvalue weighted by atomic mass is 9.90. The van der Waals surface area contributed by atoms with Gasteiger partial charge in [0, 0.05) is 18.1 Å². The van der Waals surface area contributed by atoms with E-state index in [0.29, 0.717) is 6.04 Å². The van der Waals surface area contributed by atoms with Crippen LogP contribution < -0.4 is 5.73 Å². The maximum atomic E-state index is 6.05. The molecule has 0 spiro atoms. The van der Waals surface area contributed by atoms with Crippen LogP contribution in [0.5, 0.6) is 0 Å². The molecule has 0 aliphatic carbocycles. The fourth-order valence-corrected chi connectivity index (χ4v) is 2.81. The first-order valence-electron chi connectivity index (χ1n) is 7.98. The molecule has 1 atom stereocenters. The molecular formula is C16H36N2. The highest BCUT2D eigenvalue weighted by Crippen LogP contribution is 2.25. The van der Waals surface area contributed by atoms with Crippen LogP contribution >= 0.6 is 0 Å². The fourth-order valence-electron chi connectivity index (χ4n) is 2.81. The molecule has 0 bridgehead atoms. The zero-order chi connectivity index (χ0) is 14.0. The van der Waals surface area contributed by atoms with Crippen molar-refractivity contribution in [3.05, 3.63) is 0 Å². The first-order chi connectivity index (χ1) is 8.55. The van der Waals surface area contributed by atoms with Crippen molar-refractivity contribution in [2.24, 2.45) is 5.73 Å². The number of likely N-dealkylation sites (N-methyl/N-ethyl adjacent to an activating group) is 1. The van der Waals surface area contributed by atoms with Crippen molar-refractivity contribution in [2.45, 2.75) is 90.6 Å². The first-order valence-corrected chi connectivity index (χ1v) is 7.98. The molecule has 0 saturated heterocycles. The van der Waals surface area contributed by atoms with Crippen LogP contribution in [0, 0.1) is 0 Å². The average molecular weight is 256 g/mol. The van der Waals surface area contributed by atoms with Gasteiger partial charge in [0.1, 0.15) is 0 Å². The number of hydrogen-bond acceptors (Lipinski definition) is 2. The molecule has 2 heteroatoms. The number of nitrogens with zero attached hydrogens (tertiary/aromatic N) is 1. The standard InChI is InChI=1S/C16H36N2/c1-6-9-10-11-12-13-16(4,14-17)18(5)15(7-2)8-3/h15H,6-14,17H2,1-5H3. The van der Waals surface area contributed by atoms with Crippen molar-refractivity contribution < 1.29 is 0 Å². The van der Waals surface area contributed by atoms with E-state index in [1.165, 1.54) is 51.4 Å². The third-order valence-corrected chi connectivity index (χ3v) is 4.60. The second-order valence-electron chi connectivity index (χ2n) is 5.95. The van der Waals surface area contributed by atoms with Gasteiger partial charge in [-0.1, -0.05) is 52.9 Å². The Balaban J connectivity index is 4.22. The van der Waals surface area contributed by atoms with Crippen LogP contribution in [-0.4, -0.2) is 30.1 Å². The molecule has 0 amide bonds. The molecule has 0 aliphatic heterocycles. The zero-order valence-electron chi connectivity index (χ0n) is 13.5. The Hall–Kier alpha value is -0.0800. The minimum atomic E-state index is 0.183. The molecule has 0 saturated carbocycles. The molecular weight excluding hydrogens is 220 g/mol. The predicted octanol–water partition coefficient (Wildman–Crippen LogP) is 4.18. The van der Waals surface area contributed by atoms with E-state index >= 15 is 0 Å². The van der Waals surface area contributed by atoms with Crippen molar-refractivity contribution in [2.75, 3.05) is 13.6 Å². The Morgan fingerprint density at radius 1 is 1.00 bits per heavy atom. The molecule has 110 valence electrons. The summed E-state index contributed by atoms with van der Waals surface area (Å²) in [4.78, 5) is 2.53. The van der Waals surface area contributed by atoms with E-state index in [0.717, 1.165) is 6.54 Å². The molecule has 0 rings (SSSR count). The van der Waals surface area contributed by atoms with Crippen molar-refractivity contribution in [3.8, 4) is 0 Å². The molecule has 0 aliphatic rings. The van der Waals surface area contributed by atoms with Crippen LogP contribution in [0.3, 0.4) is 0 Å². The van der Waals surface area contributed by atoms with Gasteiger partial charge in [0.2, 0.25) is 0 Å². The van der Waals surface area contributed by atoms with E-state index in [1.54, 1.807) is 0 Å². The van der Waals surface area contributed by atoms with Crippen LogP contribution in [0.2, 0.25) is 0 Å². The molecule has 0 fully saturated rings. The summed E-state index contributed by atoms with van der Waals surface area (Å²) < 4.78 is 0. The summed E-state index contributed by atoms with van der Waals surface area (Å²) in [6.45, 7) is 9.94. The summed E-state index contributed by atoms with van der Waals surface area (Å²) in [7, 11) is 2.26. The van der Waals surface area contributed by atoms with Gasteiger partial charge >= 0.3 is 0 Å². The second-order valence-corrected chi connectivity index (χ2v) is 5.95. The van der Waals surface area contributed by atoms with Gasteiger partial charge in [0.15, 0.2) is 0 Å². The van der Waals surface area contributed by atoms with Gasteiger partial charge in [-0.2, -0.15) is 0 Å². The lowest BCUT2D eigenvalue weighted by Gasteiger charge is -2.43. The number of hydrogen-bond donors (Lipinski definition) is 1. The zero-order valence-corrected chi connectivity index (χ0v) is 13.5. The molecule has 2 nitrogen and oxygen atoms in total. The Kier molecular flexibility index (Phi) is 9.76. The molecule has 18 heavy (non-hydrogen) atoms. The number of rotatable bonds is 11. The van der Waals surface area contributed by atoms with E-state index < -0.39 is 0 Å². The van der Waals surface area contributed by atoms with Gasteiger partial charge in [-0.05, 0) is 33.2 Å². The number of unbranched alkanes of at least 4 members (excludes halogenated alkanes) is 4. The highest BCUT2D eigenvalue weighted by atomic mass is 15.2. The SMILES string of the molecule is CCCCCCCC(C)(CN)N(C)C(CC)CC. The molecule has 2 N–H and O–H groups in total. The molecule has 1 unspecified atom stereocenters. The molecule has 0 radical (unpaired) electrons. The van der Waals surface area contributed by atoms with Crippen molar-refractivity contribution in [1.82, 2.24) is 4.90 Å².